The van der Waals surface area contributed by atoms with Gasteiger partial charge in [-0.2, -0.15) is 0 Å². The standard InChI is InChI=1S/C13H20O9/c1-3-18-12(16)21-9-5-8(20-11(14)15)6-10(7-9)22-13(17)19-4-2/h8-10H,3-7H2,1-2H3,(H,14,15). The fourth-order valence-corrected chi connectivity index (χ4v) is 2.18. The summed E-state index contributed by atoms with van der Waals surface area (Å²) in [7, 11) is 0. The Labute approximate surface area is 127 Å². The van der Waals surface area contributed by atoms with Crippen molar-refractivity contribution in [3.63, 3.8) is 0 Å². The van der Waals surface area contributed by atoms with Gasteiger partial charge in [0.1, 0.15) is 18.3 Å². The number of rotatable bonds is 5. The zero-order chi connectivity index (χ0) is 16.5. The van der Waals surface area contributed by atoms with E-state index >= 15 is 0 Å². The number of carbonyl (C=O) groups is 3. The lowest BCUT2D eigenvalue weighted by molar-refractivity contribution is -0.0729. The Kier molecular flexibility index (Phi) is 7.27. The molecule has 0 aliphatic heterocycles. The van der Waals surface area contributed by atoms with Crippen LogP contribution in [0.15, 0.2) is 0 Å². The van der Waals surface area contributed by atoms with E-state index in [9.17, 15) is 14.4 Å². The molecule has 0 aromatic rings. The van der Waals surface area contributed by atoms with Crippen LogP contribution >= 0.6 is 0 Å². The molecule has 9 heteroatoms. The summed E-state index contributed by atoms with van der Waals surface area (Å²) in [6.07, 6.45) is -4.69. The smallest absolute Gasteiger partial charge is 0.450 e. The van der Waals surface area contributed by atoms with Crippen LogP contribution in [0.4, 0.5) is 14.4 Å². The predicted octanol–water partition coefficient (Wildman–Crippen LogP) is 2.32. The summed E-state index contributed by atoms with van der Waals surface area (Å²) >= 11 is 0. The number of carboxylic acid groups (broad SMARTS) is 1. The molecule has 0 aromatic heterocycles. The van der Waals surface area contributed by atoms with E-state index in [1.807, 2.05) is 0 Å². The average Bonchev–Trinajstić information content (AvgIpc) is 2.37. The monoisotopic (exact) mass is 320 g/mol. The second-order valence-corrected chi connectivity index (χ2v) is 4.56. The number of hydrogen-bond donors (Lipinski definition) is 1. The Morgan fingerprint density at radius 3 is 1.50 bits per heavy atom. The van der Waals surface area contributed by atoms with Crippen LogP contribution in [0.25, 0.3) is 0 Å². The molecule has 1 N–H and O–H groups in total. The first kappa shape index (κ1) is 17.9. The molecule has 1 fully saturated rings. The summed E-state index contributed by atoms with van der Waals surface area (Å²) in [5.41, 5.74) is 0. The van der Waals surface area contributed by atoms with Crippen LogP contribution in [0.2, 0.25) is 0 Å². The molecule has 0 aromatic carbocycles. The molecule has 0 heterocycles. The van der Waals surface area contributed by atoms with E-state index < -0.39 is 36.8 Å². The average molecular weight is 320 g/mol. The van der Waals surface area contributed by atoms with Crippen LogP contribution in [-0.2, 0) is 23.7 Å². The third-order valence-corrected chi connectivity index (χ3v) is 2.89. The molecule has 1 rings (SSSR count). The number of hydrogen-bond acceptors (Lipinski definition) is 8. The minimum Gasteiger partial charge on any atom is -0.450 e. The molecule has 0 bridgehead atoms. The van der Waals surface area contributed by atoms with Crippen molar-refractivity contribution in [2.45, 2.75) is 51.4 Å². The van der Waals surface area contributed by atoms with Gasteiger partial charge in [-0.05, 0) is 13.8 Å². The Morgan fingerprint density at radius 2 is 1.18 bits per heavy atom. The van der Waals surface area contributed by atoms with Crippen molar-refractivity contribution in [2.24, 2.45) is 0 Å². The summed E-state index contributed by atoms with van der Waals surface area (Å²) in [4.78, 5) is 33.3. The van der Waals surface area contributed by atoms with Gasteiger partial charge in [-0.15, -0.1) is 0 Å². The van der Waals surface area contributed by atoms with Crippen LogP contribution in [0.1, 0.15) is 33.1 Å². The highest BCUT2D eigenvalue weighted by atomic mass is 16.7. The zero-order valence-corrected chi connectivity index (χ0v) is 12.5. The van der Waals surface area contributed by atoms with Crippen LogP contribution in [0.3, 0.4) is 0 Å². The van der Waals surface area contributed by atoms with E-state index in [-0.39, 0.29) is 32.5 Å². The van der Waals surface area contributed by atoms with Gasteiger partial charge in [0, 0.05) is 19.3 Å². The van der Waals surface area contributed by atoms with Crippen molar-refractivity contribution >= 4 is 18.5 Å². The van der Waals surface area contributed by atoms with E-state index in [0.717, 1.165) is 0 Å². The zero-order valence-electron chi connectivity index (χ0n) is 12.5. The van der Waals surface area contributed by atoms with Crippen LogP contribution in [0, 0.1) is 0 Å². The number of ether oxygens (including phenoxy) is 5. The summed E-state index contributed by atoms with van der Waals surface area (Å²) in [6.45, 7) is 3.57. The van der Waals surface area contributed by atoms with Crippen molar-refractivity contribution in [3.05, 3.63) is 0 Å². The van der Waals surface area contributed by atoms with Crippen molar-refractivity contribution < 1.29 is 43.2 Å². The molecule has 0 spiro atoms. The van der Waals surface area contributed by atoms with Crippen LogP contribution < -0.4 is 0 Å². The minimum atomic E-state index is -1.45. The lowest BCUT2D eigenvalue weighted by Gasteiger charge is -2.32. The molecule has 9 nitrogen and oxygen atoms in total. The lowest BCUT2D eigenvalue weighted by Crippen LogP contribution is -2.40. The fraction of sp³-hybridized carbons (Fsp3) is 0.769. The van der Waals surface area contributed by atoms with Crippen molar-refractivity contribution in [2.75, 3.05) is 13.2 Å². The van der Waals surface area contributed by atoms with E-state index in [1.54, 1.807) is 13.8 Å². The topological polar surface area (TPSA) is 118 Å². The van der Waals surface area contributed by atoms with Gasteiger partial charge < -0.3 is 28.8 Å². The highest BCUT2D eigenvalue weighted by molar-refractivity contribution is 5.61. The Bertz CT molecular complexity index is 367. The second-order valence-electron chi connectivity index (χ2n) is 4.56. The third kappa shape index (κ3) is 6.51. The predicted molar refractivity (Wildman–Crippen MR) is 70.5 cm³/mol. The molecule has 1 aliphatic rings. The summed E-state index contributed by atoms with van der Waals surface area (Å²) in [6, 6.07) is 0. The van der Waals surface area contributed by atoms with E-state index in [0.29, 0.717) is 0 Å². The van der Waals surface area contributed by atoms with Crippen LogP contribution in [0.5, 0.6) is 0 Å². The second kappa shape index (κ2) is 8.96. The fourth-order valence-electron chi connectivity index (χ4n) is 2.18. The molecule has 0 amide bonds. The van der Waals surface area contributed by atoms with Crippen molar-refractivity contribution in [3.8, 4) is 0 Å². The van der Waals surface area contributed by atoms with Gasteiger partial charge in [-0.25, -0.2) is 14.4 Å². The first-order valence-electron chi connectivity index (χ1n) is 7.00. The molecule has 0 radical (unpaired) electrons. The Morgan fingerprint density at radius 1 is 0.818 bits per heavy atom. The number of carbonyl (C=O) groups excluding carboxylic acids is 2. The molecule has 2 atom stereocenters. The SMILES string of the molecule is CCOC(=O)OC1CC(OC(=O)O)CC(OC(=O)OCC)C1. The maximum absolute atomic E-state index is 11.3. The van der Waals surface area contributed by atoms with E-state index in [4.69, 9.17) is 14.6 Å². The molecule has 126 valence electrons. The van der Waals surface area contributed by atoms with Crippen LogP contribution in [-0.4, -0.2) is 55.1 Å². The Hall–Kier alpha value is -2.19. The molecular formula is C13H20O9. The minimum absolute atomic E-state index is 0.156. The maximum Gasteiger partial charge on any atom is 0.508 e. The summed E-state index contributed by atoms with van der Waals surface area (Å²) in [5.74, 6) is 0. The first-order valence-corrected chi connectivity index (χ1v) is 7.00. The van der Waals surface area contributed by atoms with E-state index in [2.05, 4.69) is 14.2 Å². The van der Waals surface area contributed by atoms with Gasteiger partial charge in [0.15, 0.2) is 0 Å². The quantitative estimate of drug-likeness (QED) is 0.601. The summed E-state index contributed by atoms with van der Waals surface area (Å²) < 4.78 is 24.1. The molecular weight excluding hydrogens is 300 g/mol. The van der Waals surface area contributed by atoms with Gasteiger partial charge in [-0.1, -0.05) is 0 Å². The van der Waals surface area contributed by atoms with Crippen molar-refractivity contribution in [1.29, 1.82) is 0 Å². The molecule has 2 unspecified atom stereocenters. The first-order chi connectivity index (χ1) is 10.4. The molecule has 1 saturated carbocycles. The molecule has 0 saturated heterocycles. The van der Waals surface area contributed by atoms with Gasteiger partial charge in [0.05, 0.1) is 13.2 Å². The molecule has 1 aliphatic carbocycles. The van der Waals surface area contributed by atoms with Gasteiger partial charge in [0.25, 0.3) is 0 Å². The largest absolute Gasteiger partial charge is 0.508 e. The van der Waals surface area contributed by atoms with Gasteiger partial charge in [-0.3, -0.25) is 0 Å². The molecule has 22 heavy (non-hydrogen) atoms. The lowest BCUT2D eigenvalue weighted by atomic mass is 9.92. The van der Waals surface area contributed by atoms with Gasteiger partial charge >= 0.3 is 18.5 Å². The normalized spacial score (nSPS) is 24.0. The Balaban J connectivity index is 2.62. The van der Waals surface area contributed by atoms with Crippen molar-refractivity contribution in [1.82, 2.24) is 0 Å². The highest BCUT2D eigenvalue weighted by Crippen LogP contribution is 2.27. The third-order valence-electron chi connectivity index (χ3n) is 2.89. The maximum atomic E-state index is 11.3. The summed E-state index contributed by atoms with van der Waals surface area (Å²) in [5, 5.41) is 8.68. The highest BCUT2D eigenvalue weighted by Gasteiger charge is 2.36. The van der Waals surface area contributed by atoms with E-state index in [1.165, 1.54) is 0 Å². The van der Waals surface area contributed by atoms with Gasteiger partial charge in [0.2, 0.25) is 0 Å².